The van der Waals surface area contributed by atoms with Crippen LogP contribution in [0.2, 0.25) is 5.02 Å². The second-order valence-corrected chi connectivity index (χ2v) is 3.63. The average molecular weight is 236 g/mol. The van der Waals surface area contributed by atoms with E-state index in [-0.39, 0.29) is 10.6 Å². The Balaban J connectivity index is 2.55. The van der Waals surface area contributed by atoms with Crippen molar-refractivity contribution in [3.8, 4) is 11.3 Å². The van der Waals surface area contributed by atoms with Crippen molar-refractivity contribution in [1.29, 1.82) is 0 Å². The maximum atomic E-state index is 11.6. The molecule has 82 valence electrons. The fourth-order valence-corrected chi connectivity index (χ4v) is 1.64. The summed E-state index contributed by atoms with van der Waals surface area (Å²) in [5.74, 6) is 0.397. The maximum absolute atomic E-state index is 11.6. The summed E-state index contributed by atoms with van der Waals surface area (Å²) in [5, 5.41) is 0.105. The fraction of sp³-hybridized carbons (Fsp3) is 0.0833. The molecule has 0 amide bonds. The summed E-state index contributed by atoms with van der Waals surface area (Å²) in [6.07, 6.45) is 1.58. The molecule has 16 heavy (non-hydrogen) atoms. The van der Waals surface area contributed by atoms with Gasteiger partial charge in [0.25, 0.3) is 0 Å². The monoisotopic (exact) mass is 235 g/mol. The molecule has 0 aliphatic carbocycles. The number of benzene rings is 1. The summed E-state index contributed by atoms with van der Waals surface area (Å²) < 4.78 is 6.55. The van der Waals surface area contributed by atoms with Gasteiger partial charge in [0, 0.05) is 5.56 Å². The number of aromatic nitrogens is 1. The number of allylic oxidation sites excluding steroid dienone is 1. The molecule has 1 aromatic carbocycles. The Morgan fingerprint density at radius 1 is 1.38 bits per heavy atom. The number of hydrogen-bond donors (Lipinski definition) is 0. The molecule has 0 fully saturated rings. The molecule has 0 aliphatic heterocycles. The van der Waals surface area contributed by atoms with Crippen LogP contribution in [0.25, 0.3) is 11.3 Å². The van der Waals surface area contributed by atoms with Gasteiger partial charge in [0.2, 0.25) is 0 Å². The molecule has 0 unspecified atom stereocenters. The molecule has 0 bridgehead atoms. The normalized spacial score (nSPS) is 10.3. The molecule has 0 radical (unpaired) electrons. The third-order valence-corrected chi connectivity index (χ3v) is 2.48. The highest BCUT2D eigenvalue weighted by molar-refractivity contribution is 6.32. The molecular formula is C12H10ClNO2. The van der Waals surface area contributed by atoms with E-state index in [1.54, 1.807) is 6.08 Å². The van der Waals surface area contributed by atoms with Crippen molar-refractivity contribution in [3.63, 3.8) is 0 Å². The van der Waals surface area contributed by atoms with Crippen molar-refractivity contribution in [2.24, 2.45) is 0 Å². The van der Waals surface area contributed by atoms with Crippen LogP contribution >= 0.6 is 11.6 Å². The third-order valence-electron chi connectivity index (χ3n) is 2.15. The maximum Gasteiger partial charge on any atom is 0.302 e. The van der Waals surface area contributed by atoms with Crippen LogP contribution in [0.5, 0.6) is 0 Å². The summed E-state index contributed by atoms with van der Waals surface area (Å²) in [7, 11) is 0. The molecule has 0 spiro atoms. The molecule has 1 heterocycles. The molecule has 3 nitrogen and oxygen atoms in total. The highest BCUT2D eigenvalue weighted by Gasteiger charge is 2.15. The van der Waals surface area contributed by atoms with Crippen molar-refractivity contribution in [1.82, 2.24) is 4.74 Å². The minimum atomic E-state index is -0.333. The van der Waals surface area contributed by atoms with Crippen molar-refractivity contribution in [3.05, 3.63) is 58.4 Å². The lowest BCUT2D eigenvalue weighted by Crippen LogP contribution is -2.13. The van der Waals surface area contributed by atoms with Crippen LogP contribution in [0.3, 0.4) is 0 Å². The van der Waals surface area contributed by atoms with Gasteiger partial charge in [0.1, 0.15) is 0 Å². The standard InChI is InChI=1S/C12H10ClNO2/c1-2-8-14-12(15)10(13)11(16-14)9-6-4-3-5-7-9/h2-7H,1,8H2. The van der Waals surface area contributed by atoms with Crippen LogP contribution in [0.4, 0.5) is 0 Å². The van der Waals surface area contributed by atoms with Gasteiger partial charge in [-0.25, -0.2) is 0 Å². The molecule has 0 atom stereocenters. The van der Waals surface area contributed by atoms with E-state index in [4.69, 9.17) is 16.1 Å². The Labute approximate surface area is 97.5 Å². The Kier molecular flexibility index (Phi) is 2.97. The molecule has 0 aliphatic rings. The minimum absolute atomic E-state index is 0.105. The molecule has 4 heteroatoms. The summed E-state index contributed by atoms with van der Waals surface area (Å²) in [6.45, 7) is 3.86. The third kappa shape index (κ3) is 1.82. The molecular weight excluding hydrogens is 226 g/mol. The first-order chi connectivity index (χ1) is 7.74. The summed E-state index contributed by atoms with van der Waals surface area (Å²) >= 11 is 5.92. The zero-order valence-electron chi connectivity index (χ0n) is 8.52. The van der Waals surface area contributed by atoms with E-state index in [1.807, 2.05) is 30.3 Å². The quantitative estimate of drug-likeness (QED) is 0.767. The lowest BCUT2D eigenvalue weighted by molar-refractivity contribution is 0.289. The molecule has 2 aromatic rings. The molecule has 0 N–H and O–H groups in total. The van der Waals surface area contributed by atoms with Gasteiger partial charge < -0.3 is 4.52 Å². The molecule has 1 aromatic heterocycles. The summed E-state index contributed by atoms with van der Waals surface area (Å²) in [5.41, 5.74) is 0.452. The molecule has 2 rings (SSSR count). The van der Waals surface area contributed by atoms with Gasteiger partial charge in [0.05, 0.1) is 6.54 Å². The number of nitrogens with zero attached hydrogens (tertiary/aromatic N) is 1. The fourth-order valence-electron chi connectivity index (χ4n) is 1.40. The van der Waals surface area contributed by atoms with E-state index in [0.717, 1.165) is 5.56 Å². The lowest BCUT2D eigenvalue weighted by Gasteiger charge is -1.96. The number of hydrogen-bond acceptors (Lipinski definition) is 2. The average Bonchev–Trinajstić information content (AvgIpc) is 2.59. The van der Waals surface area contributed by atoms with Gasteiger partial charge in [-0.05, 0) is 0 Å². The molecule has 0 saturated carbocycles. The number of rotatable bonds is 3. The van der Waals surface area contributed by atoms with Crippen molar-refractivity contribution < 1.29 is 4.52 Å². The van der Waals surface area contributed by atoms with Gasteiger partial charge in [-0.15, -0.1) is 6.58 Å². The highest BCUT2D eigenvalue weighted by Crippen LogP contribution is 2.25. The van der Waals surface area contributed by atoms with Crippen molar-refractivity contribution in [2.75, 3.05) is 0 Å². The zero-order valence-corrected chi connectivity index (χ0v) is 9.28. The largest absolute Gasteiger partial charge is 0.374 e. The first-order valence-corrected chi connectivity index (χ1v) is 5.17. The van der Waals surface area contributed by atoms with Crippen LogP contribution in [-0.2, 0) is 6.54 Å². The second-order valence-electron chi connectivity index (χ2n) is 3.26. The lowest BCUT2D eigenvalue weighted by atomic mass is 10.2. The van der Waals surface area contributed by atoms with Gasteiger partial charge in [0.15, 0.2) is 10.8 Å². The number of halogens is 1. The van der Waals surface area contributed by atoms with Gasteiger partial charge in [-0.3, -0.25) is 4.79 Å². The van der Waals surface area contributed by atoms with Crippen molar-refractivity contribution in [2.45, 2.75) is 6.54 Å². The summed E-state index contributed by atoms with van der Waals surface area (Å²) in [6, 6.07) is 9.27. The van der Waals surface area contributed by atoms with Crippen LogP contribution in [0.15, 0.2) is 52.3 Å². The van der Waals surface area contributed by atoms with Gasteiger partial charge in [-0.2, -0.15) is 4.74 Å². The Hall–Kier alpha value is -1.74. The predicted octanol–water partition coefficient (Wildman–Crippen LogP) is 2.95. The van der Waals surface area contributed by atoms with Gasteiger partial charge >= 0.3 is 5.56 Å². The highest BCUT2D eigenvalue weighted by atomic mass is 35.5. The second kappa shape index (κ2) is 4.41. The summed E-state index contributed by atoms with van der Waals surface area (Å²) in [4.78, 5) is 11.6. The van der Waals surface area contributed by atoms with E-state index >= 15 is 0 Å². The van der Waals surface area contributed by atoms with Crippen LogP contribution in [0, 0.1) is 0 Å². The SMILES string of the molecule is C=CCn1oc(-c2ccccc2)c(Cl)c1=O. The van der Waals surface area contributed by atoms with Crippen LogP contribution in [0.1, 0.15) is 0 Å². The molecule has 0 saturated heterocycles. The Bertz CT molecular complexity index is 554. The van der Waals surface area contributed by atoms with E-state index in [2.05, 4.69) is 6.58 Å². The Morgan fingerprint density at radius 2 is 2.06 bits per heavy atom. The van der Waals surface area contributed by atoms with Crippen LogP contribution < -0.4 is 5.56 Å². The zero-order chi connectivity index (χ0) is 11.5. The van der Waals surface area contributed by atoms with E-state index < -0.39 is 0 Å². The smallest absolute Gasteiger partial charge is 0.302 e. The van der Waals surface area contributed by atoms with E-state index in [0.29, 0.717) is 12.3 Å². The van der Waals surface area contributed by atoms with Crippen LogP contribution in [-0.4, -0.2) is 4.74 Å². The topological polar surface area (TPSA) is 35.1 Å². The van der Waals surface area contributed by atoms with Gasteiger partial charge in [-0.1, -0.05) is 48.0 Å². The van der Waals surface area contributed by atoms with E-state index in [9.17, 15) is 4.79 Å². The predicted molar refractivity (Wildman–Crippen MR) is 63.6 cm³/mol. The Morgan fingerprint density at radius 3 is 2.69 bits per heavy atom. The first-order valence-electron chi connectivity index (χ1n) is 4.80. The van der Waals surface area contributed by atoms with E-state index in [1.165, 1.54) is 4.74 Å². The van der Waals surface area contributed by atoms with Crippen molar-refractivity contribution >= 4 is 11.6 Å². The minimum Gasteiger partial charge on any atom is -0.374 e. The first kappa shape index (κ1) is 10.8.